The predicted molar refractivity (Wildman–Crippen MR) is 126 cm³/mol. The molecule has 0 atom stereocenters. The SMILES string of the molecule is CSc1sc(C(=N)N)cc1S(=O)(=O)c1cccc(-c2c(C)cc(OC(=O)C(F)(F)F)cc2C)c1. The number of carbonyl (C=O) groups excluding carboxylic acids is 1. The highest BCUT2D eigenvalue weighted by Crippen LogP contribution is 2.38. The van der Waals surface area contributed by atoms with Crippen molar-refractivity contribution < 1.29 is 31.1 Å². The van der Waals surface area contributed by atoms with Crippen molar-refractivity contribution in [3.8, 4) is 16.9 Å². The number of amidine groups is 1. The number of nitrogens with two attached hydrogens (primary N) is 1. The van der Waals surface area contributed by atoms with E-state index in [2.05, 4.69) is 4.74 Å². The molecule has 180 valence electrons. The summed E-state index contributed by atoms with van der Waals surface area (Å²) in [6.45, 7) is 3.25. The van der Waals surface area contributed by atoms with Gasteiger partial charge in [-0.15, -0.1) is 23.1 Å². The van der Waals surface area contributed by atoms with Gasteiger partial charge in [0.25, 0.3) is 0 Å². The van der Waals surface area contributed by atoms with E-state index < -0.39 is 22.0 Å². The number of thiophene rings is 1. The molecule has 0 spiro atoms. The molecule has 3 rings (SSSR count). The van der Waals surface area contributed by atoms with E-state index in [0.717, 1.165) is 11.3 Å². The highest BCUT2D eigenvalue weighted by Gasteiger charge is 2.41. The first kappa shape index (κ1) is 25.8. The zero-order chi connectivity index (χ0) is 25.4. The van der Waals surface area contributed by atoms with Crippen molar-refractivity contribution in [3.63, 3.8) is 0 Å². The van der Waals surface area contributed by atoms with Crippen LogP contribution in [0.2, 0.25) is 0 Å². The van der Waals surface area contributed by atoms with Gasteiger partial charge in [0, 0.05) is 0 Å². The number of halogens is 3. The van der Waals surface area contributed by atoms with E-state index in [4.69, 9.17) is 11.1 Å². The lowest BCUT2D eigenvalue weighted by Crippen LogP contribution is -2.28. The van der Waals surface area contributed by atoms with Crippen molar-refractivity contribution in [2.24, 2.45) is 5.73 Å². The van der Waals surface area contributed by atoms with Crippen molar-refractivity contribution in [3.05, 3.63) is 58.5 Å². The van der Waals surface area contributed by atoms with E-state index in [9.17, 15) is 26.4 Å². The highest BCUT2D eigenvalue weighted by atomic mass is 32.2. The summed E-state index contributed by atoms with van der Waals surface area (Å²) in [6.07, 6.45) is -3.40. The van der Waals surface area contributed by atoms with Gasteiger partial charge in [-0.25, -0.2) is 13.2 Å². The van der Waals surface area contributed by atoms with Gasteiger partial charge in [-0.05, 0) is 72.7 Å². The summed E-state index contributed by atoms with van der Waals surface area (Å²) >= 11 is 2.35. The Kier molecular flexibility index (Phi) is 7.15. The van der Waals surface area contributed by atoms with Crippen molar-refractivity contribution >= 4 is 44.7 Å². The molecule has 1 heterocycles. The van der Waals surface area contributed by atoms with Crippen LogP contribution in [0, 0.1) is 19.3 Å². The number of ether oxygens (including phenoxy) is 1. The molecule has 34 heavy (non-hydrogen) atoms. The number of thioether (sulfide) groups is 1. The van der Waals surface area contributed by atoms with Gasteiger partial charge in [-0.3, -0.25) is 5.41 Å². The standard InChI is InChI=1S/C22H19F3N2O4S3/c1-11-7-14(31-21(28)22(23,24)25)8-12(2)18(11)13-5-4-6-15(9-13)34(29,30)17-10-16(19(26)27)33-20(17)32-3/h4-10H,1-3H3,(H3,26,27). The number of carbonyl (C=O) groups is 1. The normalized spacial score (nSPS) is 11.9. The van der Waals surface area contributed by atoms with Gasteiger partial charge in [0.2, 0.25) is 9.84 Å². The maximum absolute atomic E-state index is 13.4. The average Bonchev–Trinajstić information content (AvgIpc) is 3.18. The molecule has 2 aromatic carbocycles. The topological polar surface area (TPSA) is 110 Å². The Morgan fingerprint density at radius 2 is 1.74 bits per heavy atom. The van der Waals surface area contributed by atoms with E-state index >= 15 is 0 Å². The molecule has 0 saturated heterocycles. The summed E-state index contributed by atoms with van der Waals surface area (Å²) in [5.74, 6) is -2.81. The van der Waals surface area contributed by atoms with Crippen LogP contribution >= 0.6 is 23.1 Å². The van der Waals surface area contributed by atoms with Gasteiger partial charge in [-0.1, -0.05) is 12.1 Å². The van der Waals surface area contributed by atoms with E-state index in [-0.39, 0.29) is 21.4 Å². The molecule has 0 radical (unpaired) electrons. The number of esters is 1. The zero-order valence-corrected chi connectivity index (χ0v) is 20.6. The number of sulfone groups is 1. The molecular weight excluding hydrogens is 509 g/mol. The van der Waals surface area contributed by atoms with Crippen LogP contribution in [-0.4, -0.2) is 32.7 Å². The van der Waals surface area contributed by atoms with E-state index in [1.807, 2.05) is 0 Å². The molecule has 6 nitrogen and oxygen atoms in total. The lowest BCUT2D eigenvalue weighted by atomic mass is 9.95. The summed E-state index contributed by atoms with van der Waals surface area (Å²) in [4.78, 5) is 11.6. The summed E-state index contributed by atoms with van der Waals surface area (Å²) in [5, 5.41) is 7.61. The molecule has 0 aliphatic rings. The third kappa shape index (κ3) is 5.13. The summed E-state index contributed by atoms with van der Waals surface area (Å²) in [7, 11) is -3.95. The van der Waals surface area contributed by atoms with Crippen LogP contribution in [0.15, 0.2) is 56.5 Å². The smallest absolute Gasteiger partial charge is 0.420 e. The molecule has 0 amide bonds. The van der Waals surface area contributed by atoms with Crippen LogP contribution < -0.4 is 10.5 Å². The van der Waals surface area contributed by atoms with Crippen molar-refractivity contribution in [1.82, 2.24) is 0 Å². The number of hydrogen-bond acceptors (Lipinski definition) is 7. The van der Waals surface area contributed by atoms with Gasteiger partial charge >= 0.3 is 12.1 Å². The number of alkyl halides is 3. The highest BCUT2D eigenvalue weighted by molar-refractivity contribution is 8.01. The Morgan fingerprint density at radius 1 is 1.12 bits per heavy atom. The minimum atomic E-state index is -5.12. The lowest BCUT2D eigenvalue weighted by Gasteiger charge is -2.15. The first-order chi connectivity index (χ1) is 15.8. The van der Waals surface area contributed by atoms with Crippen LogP contribution in [0.1, 0.15) is 16.0 Å². The fourth-order valence-electron chi connectivity index (χ4n) is 3.37. The Labute approximate surface area is 202 Å². The lowest BCUT2D eigenvalue weighted by molar-refractivity contribution is -0.189. The third-order valence-electron chi connectivity index (χ3n) is 4.79. The molecule has 12 heteroatoms. The molecule has 3 N–H and O–H groups in total. The predicted octanol–water partition coefficient (Wildman–Crippen LogP) is 5.34. The fraction of sp³-hybridized carbons (Fsp3) is 0.182. The Balaban J connectivity index is 2.05. The fourth-order valence-corrected chi connectivity index (χ4v) is 7.27. The minimum Gasteiger partial charge on any atom is -0.420 e. The molecule has 0 aliphatic carbocycles. The quantitative estimate of drug-likeness (QED) is 0.147. The third-order valence-corrected chi connectivity index (χ3v) is 9.13. The Bertz CT molecular complexity index is 1370. The summed E-state index contributed by atoms with van der Waals surface area (Å²) in [5.41, 5.74) is 7.65. The van der Waals surface area contributed by atoms with Crippen LogP contribution in [0.25, 0.3) is 11.1 Å². The molecule has 0 aliphatic heterocycles. The maximum Gasteiger partial charge on any atom is 0.491 e. The zero-order valence-electron chi connectivity index (χ0n) is 18.1. The van der Waals surface area contributed by atoms with Crippen LogP contribution in [0.3, 0.4) is 0 Å². The maximum atomic E-state index is 13.4. The van der Waals surface area contributed by atoms with Crippen molar-refractivity contribution in [2.75, 3.05) is 6.26 Å². The average molecular weight is 529 g/mol. The Hall–Kier alpha value is -2.83. The second-order valence-corrected chi connectivity index (χ2v) is 11.3. The van der Waals surface area contributed by atoms with Gasteiger partial charge < -0.3 is 10.5 Å². The molecule has 3 aromatic rings. The first-order valence-corrected chi connectivity index (χ1v) is 13.1. The minimum absolute atomic E-state index is 0.0135. The number of hydrogen-bond donors (Lipinski definition) is 2. The molecule has 0 unspecified atom stereocenters. The largest absolute Gasteiger partial charge is 0.491 e. The molecule has 0 bridgehead atoms. The molecule has 0 saturated carbocycles. The van der Waals surface area contributed by atoms with Gasteiger partial charge in [0.05, 0.1) is 18.9 Å². The second kappa shape index (κ2) is 9.43. The number of nitrogen functional groups attached to an aromatic ring is 1. The second-order valence-electron chi connectivity index (χ2n) is 7.23. The van der Waals surface area contributed by atoms with Crippen molar-refractivity contribution in [1.29, 1.82) is 5.41 Å². The molecule has 0 fully saturated rings. The van der Waals surface area contributed by atoms with E-state index in [1.165, 1.54) is 42.1 Å². The Morgan fingerprint density at radius 3 is 2.26 bits per heavy atom. The van der Waals surface area contributed by atoms with Gasteiger partial charge in [-0.2, -0.15) is 13.2 Å². The number of benzene rings is 2. The molecule has 1 aromatic heterocycles. The first-order valence-electron chi connectivity index (χ1n) is 9.53. The summed E-state index contributed by atoms with van der Waals surface area (Å²) in [6, 6.07) is 10.1. The number of rotatable bonds is 6. The van der Waals surface area contributed by atoms with Crippen LogP contribution in [-0.2, 0) is 14.6 Å². The van der Waals surface area contributed by atoms with Crippen molar-refractivity contribution in [2.45, 2.75) is 34.0 Å². The van der Waals surface area contributed by atoms with E-state index in [1.54, 1.807) is 32.2 Å². The number of nitrogens with one attached hydrogen (secondary N) is 1. The molecular formula is C22H19F3N2O4S3. The van der Waals surface area contributed by atoms with E-state index in [0.29, 0.717) is 31.3 Å². The number of aryl methyl sites for hydroxylation is 2. The van der Waals surface area contributed by atoms with Gasteiger partial charge in [0.15, 0.2) is 0 Å². The van der Waals surface area contributed by atoms with Gasteiger partial charge in [0.1, 0.15) is 11.6 Å². The van der Waals surface area contributed by atoms with Crippen LogP contribution in [0.4, 0.5) is 13.2 Å². The van der Waals surface area contributed by atoms with Crippen LogP contribution in [0.5, 0.6) is 5.75 Å². The monoisotopic (exact) mass is 528 g/mol. The summed E-state index contributed by atoms with van der Waals surface area (Å²) < 4.78 is 69.3.